The Balaban J connectivity index is 1.97. The van der Waals surface area contributed by atoms with Gasteiger partial charge in [0.05, 0.1) is 16.0 Å². The molecule has 1 aliphatic rings. The molecule has 1 fully saturated rings. The van der Waals surface area contributed by atoms with Gasteiger partial charge in [0.1, 0.15) is 6.10 Å². The Bertz CT molecular complexity index is 736. The highest BCUT2D eigenvalue weighted by Gasteiger charge is 2.48. The van der Waals surface area contributed by atoms with Gasteiger partial charge in [0, 0.05) is 19.4 Å². The molecule has 0 saturated heterocycles. The first kappa shape index (κ1) is 17.5. The molecule has 1 aliphatic carbocycles. The molecule has 2 aromatic rings. The molecule has 4 nitrogen and oxygen atoms in total. The average molecular weight is 354 g/mol. The van der Waals surface area contributed by atoms with Crippen molar-refractivity contribution < 1.29 is 9.53 Å². The van der Waals surface area contributed by atoms with Crippen molar-refractivity contribution in [3.8, 4) is 0 Å². The summed E-state index contributed by atoms with van der Waals surface area (Å²) in [4.78, 5) is 17.5. The van der Waals surface area contributed by atoms with Crippen molar-refractivity contribution >= 4 is 23.2 Å². The fourth-order valence-electron chi connectivity index (χ4n) is 3.67. The molecule has 0 radical (unpaired) electrons. The second kappa shape index (κ2) is 7.74. The second-order valence-electron chi connectivity index (χ2n) is 6.29. The van der Waals surface area contributed by atoms with Crippen LogP contribution in [-0.4, -0.2) is 29.1 Å². The van der Waals surface area contributed by atoms with E-state index in [1.165, 1.54) is 0 Å². The maximum Gasteiger partial charge on any atom is 0.338 e. The number of benzene rings is 1. The summed E-state index contributed by atoms with van der Waals surface area (Å²) >= 11 is 5.69. The molecular formula is C20H22N2O2S. The van der Waals surface area contributed by atoms with Crippen LogP contribution in [0.4, 0.5) is 0 Å². The van der Waals surface area contributed by atoms with Gasteiger partial charge in [-0.05, 0) is 49.1 Å². The number of carbonyl (C=O) groups is 1. The maximum absolute atomic E-state index is 12.6. The first-order valence-electron chi connectivity index (χ1n) is 8.57. The quantitative estimate of drug-likeness (QED) is 0.671. The largest absolute Gasteiger partial charge is 0.457 e. The van der Waals surface area contributed by atoms with Crippen LogP contribution >= 0.6 is 12.2 Å². The smallest absolute Gasteiger partial charge is 0.338 e. The van der Waals surface area contributed by atoms with E-state index in [0.717, 1.165) is 31.2 Å². The summed E-state index contributed by atoms with van der Waals surface area (Å²) in [6, 6.07) is 13.0. The molecule has 1 saturated carbocycles. The van der Waals surface area contributed by atoms with E-state index in [0.29, 0.717) is 10.6 Å². The molecule has 1 N–H and O–H groups in total. The molecule has 0 bridgehead atoms. The van der Waals surface area contributed by atoms with Gasteiger partial charge < -0.3 is 10.1 Å². The van der Waals surface area contributed by atoms with E-state index in [2.05, 4.69) is 10.3 Å². The molecule has 0 amide bonds. The highest BCUT2D eigenvalue weighted by Crippen LogP contribution is 2.42. The van der Waals surface area contributed by atoms with Crippen LogP contribution in [0.3, 0.4) is 0 Å². The Morgan fingerprint density at radius 2 is 1.92 bits per heavy atom. The van der Waals surface area contributed by atoms with Crippen LogP contribution in [0.25, 0.3) is 0 Å². The summed E-state index contributed by atoms with van der Waals surface area (Å²) in [7, 11) is 1.83. The van der Waals surface area contributed by atoms with Crippen LogP contribution in [0.2, 0.25) is 0 Å². The monoisotopic (exact) mass is 354 g/mol. The molecule has 3 rings (SSSR count). The number of carbonyl (C=O) groups excluding carboxylic acids is 1. The molecule has 0 spiro atoms. The van der Waals surface area contributed by atoms with E-state index in [1.807, 2.05) is 37.4 Å². The standard InChI is InChI=1S/C20H22N2O2S/c1-21-19(25)20(16-10-13-22-14-11-16)12-6-5-9-17(20)24-18(23)15-7-3-2-4-8-15/h2-4,7-8,10-11,13-14,17H,5-6,9,12H2,1H3,(H,21,25)/t17-,20-/m0/s1. The molecule has 0 unspecified atom stereocenters. The summed E-state index contributed by atoms with van der Waals surface area (Å²) in [6.45, 7) is 0. The Labute approximate surface area is 153 Å². The van der Waals surface area contributed by atoms with Crippen molar-refractivity contribution in [2.24, 2.45) is 0 Å². The zero-order valence-electron chi connectivity index (χ0n) is 14.3. The lowest BCUT2D eigenvalue weighted by molar-refractivity contribution is 0.00435. The Kier molecular flexibility index (Phi) is 5.43. The van der Waals surface area contributed by atoms with E-state index in [9.17, 15) is 4.79 Å². The van der Waals surface area contributed by atoms with Crippen molar-refractivity contribution in [3.63, 3.8) is 0 Å². The van der Waals surface area contributed by atoms with Gasteiger partial charge in [-0.3, -0.25) is 4.98 Å². The van der Waals surface area contributed by atoms with E-state index in [-0.39, 0.29) is 12.1 Å². The Hall–Kier alpha value is -2.27. The fraction of sp³-hybridized carbons (Fsp3) is 0.350. The zero-order valence-corrected chi connectivity index (χ0v) is 15.1. The van der Waals surface area contributed by atoms with Gasteiger partial charge in [0.25, 0.3) is 0 Å². The molecule has 1 aromatic carbocycles. The van der Waals surface area contributed by atoms with E-state index in [4.69, 9.17) is 17.0 Å². The number of thiocarbonyl (C=S) groups is 1. The summed E-state index contributed by atoms with van der Waals surface area (Å²) in [5.74, 6) is -0.301. The minimum atomic E-state index is -0.504. The van der Waals surface area contributed by atoms with Crippen molar-refractivity contribution in [2.45, 2.75) is 37.2 Å². The first-order chi connectivity index (χ1) is 12.2. The van der Waals surface area contributed by atoms with E-state index in [1.54, 1.807) is 24.5 Å². The summed E-state index contributed by atoms with van der Waals surface area (Å²) in [5.41, 5.74) is 1.11. The number of hydrogen-bond donors (Lipinski definition) is 1. The number of pyridine rings is 1. The van der Waals surface area contributed by atoms with Gasteiger partial charge in [-0.2, -0.15) is 0 Å². The lowest BCUT2D eigenvalue weighted by atomic mass is 9.67. The lowest BCUT2D eigenvalue weighted by Gasteiger charge is -2.44. The van der Waals surface area contributed by atoms with Crippen molar-refractivity contribution in [2.75, 3.05) is 7.05 Å². The van der Waals surface area contributed by atoms with E-state index < -0.39 is 5.41 Å². The number of ether oxygens (including phenoxy) is 1. The number of esters is 1. The zero-order chi connectivity index (χ0) is 17.7. The molecular weight excluding hydrogens is 332 g/mol. The lowest BCUT2D eigenvalue weighted by Crippen LogP contribution is -2.53. The predicted molar refractivity (Wildman–Crippen MR) is 102 cm³/mol. The Morgan fingerprint density at radius 1 is 1.20 bits per heavy atom. The van der Waals surface area contributed by atoms with Crippen LogP contribution < -0.4 is 5.32 Å². The van der Waals surface area contributed by atoms with Gasteiger partial charge in [-0.15, -0.1) is 0 Å². The van der Waals surface area contributed by atoms with Crippen molar-refractivity contribution in [1.29, 1.82) is 0 Å². The van der Waals surface area contributed by atoms with Crippen LogP contribution in [0.15, 0.2) is 54.9 Å². The molecule has 2 atom stereocenters. The number of nitrogens with one attached hydrogen (secondary N) is 1. The average Bonchev–Trinajstić information content (AvgIpc) is 2.69. The SMILES string of the molecule is CNC(=S)[C@]1(c2ccncc2)CCCC[C@@H]1OC(=O)c1ccccc1. The van der Waals surface area contributed by atoms with Crippen LogP contribution in [-0.2, 0) is 10.2 Å². The minimum Gasteiger partial charge on any atom is -0.457 e. The van der Waals surface area contributed by atoms with Gasteiger partial charge >= 0.3 is 5.97 Å². The highest BCUT2D eigenvalue weighted by atomic mass is 32.1. The van der Waals surface area contributed by atoms with Gasteiger partial charge in [-0.1, -0.05) is 36.8 Å². The highest BCUT2D eigenvalue weighted by molar-refractivity contribution is 7.80. The number of nitrogens with zero attached hydrogens (tertiary/aromatic N) is 1. The third kappa shape index (κ3) is 3.42. The second-order valence-corrected chi connectivity index (χ2v) is 6.70. The van der Waals surface area contributed by atoms with Crippen LogP contribution in [0, 0.1) is 0 Å². The minimum absolute atomic E-state index is 0.295. The third-order valence-corrected chi connectivity index (χ3v) is 5.49. The van der Waals surface area contributed by atoms with Gasteiger partial charge in [0.2, 0.25) is 0 Å². The number of hydrogen-bond acceptors (Lipinski definition) is 4. The third-order valence-electron chi connectivity index (χ3n) is 4.92. The number of likely N-dealkylation sites (N-methyl/N-ethyl adjacent to an activating group) is 1. The fourth-order valence-corrected chi connectivity index (χ4v) is 4.02. The number of aromatic nitrogens is 1. The normalized spacial score (nSPS) is 22.8. The summed E-state index contributed by atoms with van der Waals surface area (Å²) in [6.07, 6.45) is 6.94. The molecule has 130 valence electrons. The Morgan fingerprint density at radius 3 is 2.60 bits per heavy atom. The van der Waals surface area contributed by atoms with Crippen LogP contribution in [0.5, 0.6) is 0 Å². The summed E-state index contributed by atoms with van der Waals surface area (Å²) < 4.78 is 5.98. The number of rotatable bonds is 4. The first-order valence-corrected chi connectivity index (χ1v) is 8.98. The molecule has 25 heavy (non-hydrogen) atoms. The molecule has 0 aliphatic heterocycles. The molecule has 1 aromatic heterocycles. The van der Waals surface area contributed by atoms with Crippen molar-refractivity contribution in [3.05, 3.63) is 66.0 Å². The van der Waals surface area contributed by atoms with E-state index >= 15 is 0 Å². The summed E-state index contributed by atoms with van der Waals surface area (Å²) in [5, 5.41) is 3.14. The topological polar surface area (TPSA) is 51.2 Å². The molecule has 1 heterocycles. The van der Waals surface area contributed by atoms with Crippen molar-refractivity contribution in [1.82, 2.24) is 10.3 Å². The van der Waals surface area contributed by atoms with Gasteiger partial charge in [0.15, 0.2) is 0 Å². The molecule has 5 heteroatoms. The van der Waals surface area contributed by atoms with Gasteiger partial charge in [-0.25, -0.2) is 4.79 Å². The van der Waals surface area contributed by atoms with Crippen LogP contribution in [0.1, 0.15) is 41.6 Å². The predicted octanol–water partition coefficient (Wildman–Crippen LogP) is 3.67. The maximum atomic E-state index is 12.6.